The Kier molecular flexibility index (Phi) is 3.69. The summed E-state index contributed by atoms with van der Waals surface area (Å²) in [4.78, 5) is 1.75. The van der Waals surface area contributed by atoms with Gasteiger partial charge < -0.3 is 5.73 Å². The van der Waals surface area contributed by atoms with E-state index >= 15 is 0 Å². The van der Waals surface area contributed by atoms with Gasteiger partial charge in [0, 0.05) is 14.0 Å². The van der Waals surface area contributed by atoms with E-state index in [1.54, 1.807) is 0 Å². The lowest BCUT2D eigenvalue weighted by Crippen LogP contribution is -1.92. The van der Waals surface area contributed by atoms with Gasteiger partial charge in [0.25, 0.3) is 0 Å². The fraction of sp³-hybridized carbons (Fsp3) is 0.154. The zero-order valence-electron chi connectivity index (χ0n) is 9.33. The molecule has 0 aliphatic rings. The molecular weight excluding hydrogens is 343 g/mol. The van der Waals surface area contributed by atoms with E-state index in [-0.39, 0.29) is 0 Å². The molecule has 1 aromatic heterocycles. The molecule has 4 heteroatoms. The van der Waals surface area contributed by atoms with E-state index in [0.717, 1.165) is 16.9 Å². The molecule has 0 radical (unpaired) electrons. The third kappa shape index (κ3) is 2.17. The van der Waals surface area contributed by atoms with Crippen LogP contribution in [0.3, 0.4) is 0 Å². The molecule has 0 atom stereocenters. The molecule has 0 amide bonds. The second-order valence-electron chi connectivity index (χ2n) is 3.60. The highest BCUT2D eigenvalue weighted by Crippen LogP contribution is 2.40. The van der Waals surface area contributed by atoms with Crippen molar-refractivity contribution in [3.63, 3.8) is 0 Å². The van der Waals surface area contributed by atoms with Crippen molar-refractivity contribution in [3.05, 3.63) is 38.3 Å². The molecule has 0 aliphatic heterocycles. The van der Waals surface area contributed by atoms with E-state index in [0.29, 0.717) is 10.6 Å². The first kappa shape index (κ1) is 12.4. The molecule has 1 aromatic carbocycles. The number of nitrogens with two attached hydrogens (primary N) is 1. The molecule has 86 valence electrons. The molecule has 0 saturated heterocycles. The van der Waals surface area contributed by atoms with Crippen LogP contribution in [-0.4, -0.2) is 0 Å². The molecule has 0 spiro atoms. The van der Waals surface area contributed by atoms with Crippen LogP contribution in [-0.2, 0) is 6.42 Å². The maximum Gasteiger partial charge on any atom is 0.128 e. The smallest absolute Gasteiger partial charge is 0.128 e. The summed E-state index contributed by atoms with van der Waals surface area (Å²) < 4.78 is 1.19. The van der Waals surface area contributed by atoms with Crippen molar-refractivity contribution in [2.24, 2.45) is 0 Å². The lowest BCUT2D eigenvalue weighted by atomic mass is 10.1. The van der Waals surface area contributed by atoms with Crippen LogP contribution in [0.15, 0.2) is 24.3 Å². The van der Waals surface area contributed by atoms with Gasteiger partial charge in [0.2, 0.25) is 0 Å². The SMILES string of the molecule is CCc1c(-c2ccccc2I)sc(C#N)c1N. The van der Waals surface area contributed by atoms with Gasteiger partial charge in [-0.3, -0.25) is 0 Å². The Hall–Kier alpha value is -1.06. The van der Waals surface area contributed by atoms with E-state index in [1.165, 1.54) is 20.5 Å². The summed E-state index contributed by atoms with van der Waals surface area (Å²) in [5, 5.41) is 9.05. The fourth-order valence-corrected chi connectivity index (χ4v) is 3.76. The predicted molar refractivity (Wildman–Crippen MR) is 81.0 cm³/mol. The molecule has 0 aliphatic carbocycles. The Balaban J connectivity index is 2.69. The number of nitrogen functional groups attached to an aromatic ring is 1. The van der Waals surface area contributed by atoms with E-state index < -0.39 is 0 Å². The lowest BCUT2D eigenvalue weighted by Gasteiger charge is -2.04. The number of benzene rings is 1. The van der Waals surface area contributed by atoms with Crippen LogP contribution in [0.5, 0.6) is 0 Å². The third-order valence-electron chi connectivity index (χ3n) is 2.62. The monoisotopic (exact) mass is 354 g/mol. The van der Waals surface area contributed by atoms with Gasteiger partial charge in [0.1, 0.15) is 10.9 Å². The van der Waals surface area contributed by atoms with Crippen molar-refractivity contribution in [2.45, 2.75) is 13.3 Å². The molecule has 1 heterocycles. The van der Waals surface area contributed by atoms with Crippen molar-refractivity contribution < 1.29 is 0 Å². The molecule has 2 N–H and O–H groups in total. The lowest BCUT2D eigenvalue weighted by molar-refractivity contribution is 1.16. The Bertz CT molecular complexity index is 596. The Labute approximate surface area is 118 Å². The molecule has 0 saturated carbocycles. The van der Waals surface area contributed by atoms with Crippen LogP contribution >= 0.6 is 33.9 Å². The summed E-state index contributed by atoms with van der Waals surface area (Å²) in [6, 6.07) is 10.3. The summed E-state index contributed by atoms with van der Waals surface area (Å²) in [6.07, 6.45) is 0.852. The molecular formula is C13H11IN2S. The summed E-state index contributed by atoms with van der Waals surface area (Å²) in [6.45, 7) is 2.07. The summed E-state index contributed by atoms with van der Waals surface area (Å²) in [5.74, 6) is 0. The maximum absolute atomic E-state index is 9.05. The summed E-state index contributed by atoms with van der Waals surface area (Å²) in [5.41, 5.74) is 8.91. The van der Waals surface area contributed by atoms with Gasteiger partial charge in [-0.05, 0) is 40.6 Å². The van der Waals surface area contributed by atoms with Crippen molar-refractivity contribution >= 4 is 39.6 Å². The number of halogens is 1. The first-order valence-electron chi connectivity index (χ1n) is 5.25. The average Bonchev–Trinajstić information content (AvgIpc) is 2.66. The standard InChI is InChI=1S/C13H11IN2S/c1-2-8-12(16)11(7-15)17-13(8)9-5-3-4-6-10(9)14/h3-6H,2,16H2,1H3. The Morgan fingerprint density at radius 1 is 1.41 bits per heavy atom. The number of nitrogens with zero attached hydrogens (tertiary/aromatic N) is 1. The van der Waals surface area contributed by atoms with Crippen molar-refractivity contribution in [1.29, 1.82) is 5.26 Å². The number of rotatable bonds is 2. The van der Waals surface area contributed by atoms with Crippen molar-refractivity contribution in [3.8, 4) is 16.5 Å². The van der Waals surface area contributed by atoms with Crippen LogP contribution in [0.1, 0.15) is 17.4 Å². The maximum atomic E-state index is 9.05. The van der Waals surface area contributed by atoms with Gasteiger partial charge in [-0.25, -0.2) is 0 Å². The van der Waals surface area contributed by atoms with Crippen LogP contribution < -0.4 is 5.73 Å². The average molecular weight is 354 g/mol. The third-order valence-corrected chi connectivity index (χ3v) is 4.75. The van der Waals surface area contributed by atoms with Gasteiger partial charge in [-0.15, -0.1) is 11.3 Å². The van der Waals surface area contributed by atoms with Gasteiger partial charge >= 0.3 is 0 Å². The van der Waals surface area contributed by atoms with E-state index in [1.807, 2.05) is 12.1 Å². The normalized spacial score (nSPS) is 10.2. The van der Waals surface area contributed by atoms with Crippen LogP contribution in [0.2, 0.25) is 0 Å². The zero-order chi connectivity index (χ0) is 12.4. The second kappa shape index (κ2) is 5.07. The number of thiophene rings is 1. The largest absolute Gasteiger partial charge is 0.397 e. The van der Waals surface area contributed by atoms with Gasteiger partial charge in [-0.1, -0.05) is 25.1 Å². The zero-order valence-corrected chi connectivity index (χ0v) is 12.3. The van der Waals surface area contributed by atoms with E-state index in [9.17, 15) is 0 Å². The van der Waals surface area contributed by atoms with Gasteiger partial charge in [0.15, 0.2) is 0 Å². The number of nitriles is 1. The molecule has 0 bridgehead atoms. The van der Waals surface area contributed by atoms with Gasteiger partial charge in [-0.2, -0.15) is 5.26 Å². The van der Waals surface area contributed by atoms with Crippen LogP contribution in [0, 0.1) is 14.9 Å². The van der Waals surface area contributed by atoms with E-state index in [2.05, 4.69) is 47.7 Å². The van der Waals surface area contributed by atoms with Crippen molar-refractivity contribution in [2.75, 3.05) is 5.73 Å². The molecule has 2 nitrogen and oxygen atoms in total. The topological polar surface area (TPSA) is 49.8 Å². The number of hydrogen-bond acceptors (Lipinski definition) is 3. The molecule has 17 heavy (non-hydrogen) atoms. The minimum absolute atomic E-state index is 0.622. The second-order valence-corrected chi connectivity index (χ2v) is 5.78. The predicted octanol–water partition coefficient (Wildman–Crippen LogP) is 4.04. The van der Waals surface area contributed by atoms with Crippen LogP contribution in [0.25, 0.3) is 10.4 Å². The number of hydrogen-bond donors (Lipinski definition) is 1. The highest BCUT2D eigenvalue weighted by Gasteiger charge is 2.16. The van der Waals surface area contributed by atoms with Crippen molar-refractivity contribution in [1.82, 2.24) is 0 Å². The fourth-order valence-electron chi connectivity index (χ4n) is 1.77. The molecule has 0 unspecified atom stereocenters. The first-order chi connectivity index (χ1) is 8.19. The molecule has 2 rings (SSSR count). The molecule has 2 aromatic rings. The number of anilines is 1. The molecule has 0 fully saturated rings. The van der Waals surface area contributed by atoms with Crippen LogP contribution in [0.4, 0.5) is 5.69 Å². The quantitative estimate of drug-likeness (QED) is 0.828. The highest BCUT2D eigenvalue weighted by molar-refractivity contribution is 14.1. The highest BCUT2D eigenvalue weighted by atomic mass is 127. The Morgan fingerprint density at radius 2 is 2.12 bits per heavy atom. The van der Waals surface area contributed by atoms with Gasteiger partial charge in [0.05, 0.1) is 5.69 Å². The van der Waals surface area contributed by atoms with E-state index in [4.69, 9.17) is 11.0 Å². The Morgan fingerprint density at radius 3 is 2.71 bits per heavy atom. The summed E-state index contributed by atoms with van der Waals surface area (Å²) >= 11 is 3.80. The minimum atomic E-state index is 0.622. The minimum Gasteiger partial charge on any atom is -0.397 e. The first-order valence-corrected chi connectivity index (χ1v) is 7.14. The summed E-state index contributed by atoms with van der Waals surface area (Å²) in [7, 11) is 0.